The standard InChI is InChI=1S/C14H14ClN5S/c15-10-5-9(6-11(16)7-10)13-19-20-12(8-3-1-2-4-8)17-18-14(20)21-13/h5-8H,1-4,16H2. The monoisotopic (exact) mass is 319 g/mol. The maximum absolute atomic E-state index is 6.07. The molecule has 1 aromatic carbocycles. The molecule has 2 heterocycles. The van der Waals surface area contributed by atoms with Gasteiger partial charge >= 0.3 is 0 Å². The average molecular weight is 320 g/mol. The number of hydrogen-bond acceptors (Lipinski definition) is 5. The predicted octanol–water partition coefficient (Wildman–Crippen LogP) is 3.75. The van der Waals surface area contributed by atoms with Crippen LogP contribution < -0.4 is 5.73 Å². The van der Waals surface area contributed by atoms with Crippen LogP contribution in [0.2, 0.25) is 5.02 Å². The predicted molar refractivity (Wildman–Crippen MR) is 84.7 cm³/mol. The van der Waals surface area contributed by atoms with Crippen LogP contribution in [0.4, 0.5) is 5.69 Å². The maximum atomic E-state index is 6.07. The van der Waals surface area contributed by atoms with Crippen molar-refractivity contribution >= 4 is 33.6 Å². The molecule has 5 nitrogen and oxygen atoms in total. The van der Waals surface area contributed by atoms with Gasteiger partial charge in [0.2, 0.25) is 4.96 Å². The fourth-order valence-electron chi connectivity index (χ4n) is 2.92. The molecule has 0 saturated heterocycles. The molecule has 1 fully saturated rings. The van der Waals surface area contributed by atoms with Crippen molar-refractivity contribution in [1.29, 1.82) is 0 Å². The van der Waals surface area contributed by atoms with Gasteiger partial charge in [-0.2, -0.15) is 9.61 Å². The van der Waals surface area contributed by atoms with Gasteiger partial charge in [0.25, 0.3) is 0 Å². The Bertz CT molecular complexity index is 783. The first kappa shape index (κ1) is 13.0. The van der Waals surface area contributed by atoms with Gasteiger partial charge in [-0.25, -0.2) is 0 Å². The van der Waals surface area contributed by atoms with Gasteiger partial charge in [0.1, 0.15) is 5.01 Å². The number of fused-ring (bicyclic) bond motifs is 1. The van der Waals surface area contributed by atoms with Gasteiger partial charge in [-0.1, -0.05) is 35.8 Å². The van der Waals surface area contributed by atoms with Gasteiger partial charge in [0.05, 0.1) is 0 Å². The number of nitrogens with two attached hydrogens (primary N) is 1. The summed E-state index contributed by atoms with van der Waals surface area (Å²) < 4.78 is 1.88. The van der Waals surface area contributed by atoms with E-state index in [1.54, 1.807) is 6.07 Å². The van der Waals surface area contributed by atoms with Crippen molar-refractivity contribution in [1.82, 2.24) is 19.8 Å². The van der Waals surface area contributed by atoms with Crippen LogP contribution in [-0.2, 0) is 0 Å². The number of nitrogens with zero attached hydrogens (tertiary/aromatic N) is 4. The highest BCUT2D eigenvalue weighted by atomic mass is 35.5. The van der Waals surface area contributed by atoms with Gasteiger partial charge in [-0.3, -0.25) is 0 Å². The summed E-state index contributed by atoms with van der Waals surface area (Å²) in [5, 5.41) is 14.7. The molecule has 3 aromatic rings. The number of aromatic nitrogens is 4. The van der Waals surface area contributed by atoms with Crippen LogP contribution in [0, 0.1) is 0 Å². The fraction of sp³-hybridized carbons (Fsp3) is 0.357. The highest BCUT2D eigenvalue weighted by molar-refractivity contribution is 7.19. The smallest absolute Gasteiger partial charge is 0.234 e. The topological polar surface area (TPSA) is 69.1 Å². The second-order valence-corrected chi connectivity index (χ2v) is 6.81. The van der Waals surface area contributed by atoms with E-state index in [0.717, 1.165) is 21.4 Å². The van der Waals surface area contributed by atoms with Gasteiger partial charge < -0.3 is 5.73 Å². The van der Waals surface area contributed by atoms with Gasteiger partial charge in [-0.05, 0) is 31.0 Å². The number of anilines is 1. The Hall–Kier alpha value is -1.66. The molecule has 2 N–H and O–H groups in total. The molecule has 0 atom stereocenters. The van der Waals surface area contributed by atoms with Crippen molar-refractivity contribution in [2.75, 3.05) is 5.73 Å². The van der Waals surface area contributed by atoms with Crippen molar-refractivity contribution in [3.05, 3.63) is 29.0 Å². The molecule has 0 radical (unpaired) electrons. The van der Waals surface area contributed by atoms with E-state index in [2.05, 4.69) is 15.3 Å². The lowest BCUT2D eigenvalue weighted by atomic mass is 10.1. The zero-order chi connectivity index (χ0) is 14.4. The van der Waals surface area contributed by atoms with E-state index in [4.69, 9.17) is 17.3 Å². The fourth-order valence-corrected chi connectivity index (χ4v) is 4.00. The number of nitrogen functional groups attached to an aromatic ring is 1. The van der Waals surface area contributed by atoms with Crippen LogP contribution in [0.1, 0.15) is 37.4 Å². The van der Waals surface area contributed by atoms with Gasteiger partial charge in [0, 0.05) is 22.2 Å². The normalized spacial score (nSPS) is 16.0. The summed E-state index contributed by atoms with van der Waals surface area (Å²) in [6.45, 7) is 0. The van der Waals surface area contributed by atoms with E-state index in [0.29, 0.717) is 16.6 Å². The third kappa shape index (κ3) is 2.28. The Morgan fingerprint density at radius 1 is 1.19 bits per heavy atom. The summed E-state index contributed by atoms with van der Waals surface area (Å²) in [5.74, 6) is 1.47. The largest absolute Gasteiger partial charge is 0.399 e. The molecule has 7 heteroatoms. The number of halogens is 1. The number of benzene rings is 1. The van der Waals surface area contributed by atoms with E-state index in [-0.39, 0.29) is 0 Å². The summed E-state index contributed by atoms with van der Waals surface area (Å²) >= 11 is 7.58. The minimum atomic E-state index is 0.486. The van der Waals surface area contributed by atoms with Crippen LogP contribution in [-0.4, -0.2) is 19.8 Å². The third-order valence-corrected chi connectivity index (χ3v) is 5.07. The van der Waals surface area contributed by atoms with Crippen LogP contribution in [0.15, 0.2) is 18.2 Å². The van der Waals surface area contributed by atoms with Crippen LogP contribution in [0.3, 0.4) is 0 Å². The zero-order valence-electron chi connectivity index (χ0n) is 11.3. The minimum absolute atomic E-state index is 0.486. The van der Waals surface area contributed by atoms with E-state index in [1.807, 2.05) is 16.6 Å². The lowest BCUT2D eigenvalue weighted by molar-refractivity contribution is 0.641. The minimum Gasteiger partial charge on any atom is -0.399 e. The molecule has 108 valence electrons. The Morgan fingerprint density at radius 2 is 2.00 bits per heavy atom. The lowest BCUT2D eigenvalue weighted by Crippen LogP contribution is -2.01. The molecule has 0 bridgehead atoms. The number of rotatable bonds is 2. The molecule has 0 amide bonds. The molecular weight excluding hydrogens is 306 g/mol. The highest BCUT2D eigenvalue weighted by Gasteiger charge is 2.24. The van der Waals surface area contributed by atoms with E-state index in [1.165, 1.54) is 37.0 Å². The van der Waals surface area contributed by atoms with Crippen molar-refractivity contribution in [3.8, 4) is 10.6 Å². The Morgan fingerprint density at radius 3 is 2.76 bits per heavy atom. The summed E-state index contributed by atoms with van der Waals surface area (Å²) in [6.07, 6.45) is 4.89. The molecule has 0 aliphatic heterocycles. The highest BCUT2D eigenvalue weighted by Crippen LogP contribution is 2.35. The van der Waals surface area contributed by atoms with Crippen molar-refractivity contribution in [2.24, 2.45) is 0 Å². The molecule has 4 rings (SSSR count). The maximum Gasteiger partial charge on any atom is 0.234 e. The SMILES string of the molecule is Nc1cc(Cl)cc(-c2nn3c(C4CCCC4)nnc3s2)c1. The Kier molecular flexibility index (Phi) is 3.08. The van der Waals surface area contributed by atoms with Gasteiger partial charge in [0.15, 0.2) is 5.82 Å². The van der Waals surface area contributed by atoms with Crippen molar-refractivity contribution in [2.45, 2.75) is 31.6 Å². The first-order valence-electron chi connectivity index (χ1n) is 6.99. The molecule has 1 aliphatic rings. The second kappa shape index (κ2) is 4.96. The van der Waals surface area contributed by atoms with Crippen LogP contribution in [0.5, 0.6) is 0 Å². The number of hydrogen-bond donors (Lipinski definition) is 1. The Labute approximate surface area is 130 Å². The van der Waals surface area contributed by atoms with E-state index in [9.17, 15) is 0 Å². The zero-order valence-corrected chi connectivity index (χ0v) is 12.9. The lowest BCUT2D eigenvalue weighted by Gasteiger charge is -2.03. The molecule has 1 saturated carbocycles. The summed E-state index contributed by atoms with van der Waals surface area (Å²) in [7, 11) is 0. The second-order valence-electron chi connectivity index (χ2n) is 5.41. The molecule has 0 unspecified atom stereocenters. The van der Waals surface area contributed by atoms with E-state index >= 15 is 0 Å². The van der Waals surface area contributed by atoms with Crippen molar-refractivity contribution < 1.29 is 0 Å². The summed E-state index contributed by atoms with van der Waals surface area (Å²) in [5.41, 5.74) is 7.42. The molecular formula is C14H14ClN5S. The summed E-state index contributed by atoms with van der Waals surface area (Å²) in [4.78, 5) is 0.824. The van der Waals surface area contributed by atoms with Crippen LogP contribution >= 0.6 is 22.9 Å². The quantitative estimate of drug-likeness (QED) is 0.730. The first-order chi connectivity index (χ1) is 10.2. The molecule has 2 aromatic heterocycles. The Balaban J connectivity index is 1.80. The van der Waals surface area contributed by atoms with Gasteiger partial charge in [-0.15, -0.1) is 10.2 Å². The third-order valence-electron chi connectivity index (χ3n) is 3.90. The van der Waals surface area contributed by atoms with Crippen molar-refractivity contribution in [3.63, 3.8) is 0 Å². The molecule has 21 heavy (non-hydrogen) atoms. The average Bonchev–Trinajstić information content (AvgIpc) is 3.13. The molecule has 1 aliphatic carbocycles. The summed E-state index contributed by atoms with van der Waals surface area (Å²) in [6, 6.07) is 5.49. The first-order valence-corrected chi connectivity index (χ1v) is 8.19. The van der Waals surface area contributed by atoms with Crippen LogP contribution in [0.25, 0.3) is 15.5 Å². The molecule has 0 spiro atoms. The van der Waals surface area contributed by atoms with E-state index < -0.39 is 0 Å².